The Hall–Kier alpha value is -3.67. The van der Waals surface area contributed by atoms with Crippen molar-refractivity contribution in [2.45, 2.75) is 25.4 Å². The second-order valence-electron chi connectivity index (χ2n) is 9.65. The van der Waals surface area contributed by atoms with Crippen LogP contribution in [-0.4, -0.2) is 39.8 Å². The molecule has 2 heterocycles. The summed E-state index contributed by atoms with van der Waals surface area (Å²) in [5, 5.41) is 13.2. The zero-order valence-corrected chi connectivity index (χ0v) is 21.5. The van der Waals surface area contributed by atoms with Crippen molar-refractivity contribution in [2.24, 2.45) is 0 Å². The van der Waals surface area contributed by atoms with Gasteiger partial charge in [0, 0.05) is 24.1 Å². The van der Waals surface area contributed by atoms with Gasteiger partial charge in [0.1, 0.15) is 17.2 Å². The van der Waals surface area contributed by atoms with E-state index in [1.807, 2.05) is 6.07 Å². The molecule has 11 heteroatoms. The van der Waals surface area contributed by atoms with E-state index in [-0.39, 0.29) is 24.2 Å². The molecule has 2 aliphatic rings. The standard InChI is InChI=1S/C27H24BFN2O6S/c1-30-27(32)25-21-12-20(15-3-4-15)23(13-24(21)37-26(25)16-5-7-18(29)8-6-16)31(38(2,34)35)19-9-10-22-17(11-19)14-36-28(22)33/h5-13,15,33H,3-4,14H2,1-2H3,(H,30,32). The SMILES string of the molecule is CNC(=O)c1c(-c2ccc(F)cc2)oc2cc(N(c3ccc4c(c3)COB4O)S(C)(=O)=O)c(C3CC3)cc12. The minimum absolute atomic E-state index is 0.125. The fourth-order valence-corrected chi connectivity index (χ4v) is 6.07. The van der Waals surface area contributed by atoms with Crippen molar-refractivity contribution in [2.75, 3.05) is 17.6 Å². The summed E-state index contributed by atoms with van der Waals surface area (Å²) in [6.45, 7) is 0.172. The Morgan fingerprint density at radius 1 is 1.13 bits per heavy atom. The molecule has 1 aliphatic carbocycles. The van der Waals surface area contributed by atoms with Gasteiger partial charge in [0.05, 0.1) is 29.8 Å². The number of anilines is 2. The van der Waals surface area contributed by atoms with Gasteiger partial charge in [-0.1, -0.05) is 6.07 Å². The van der Waals surface area contributed by atoms with Gasteiger partial charge in [-0.15, -0.1) is 0 Å². The van der Waals surface area contributed by atoms with Crippen LogP contribution in [0, 0.1) is 5.82 Å². The molecule has 8 nitrogen and oxygen atoms in total. The van der Waals surface area contributed by atoms with Crippen molar-refractivity contribution in [3.8, 4) is 11.3 Å². The maximum absolute atomic E-state index is 13.6. The summed E-state index contributed by atoms with van der Waals surface area (Å²) >= 11 is 0. The maximum Gasteiger partial charge on any atom is 0.491 e. The maximum atomic E-state index is 13.6. The normalized spacial score (nSPS) is 15.1. The number of hydrogen-bond acceptors (Lipinski definition) is 6. The van der Waals surface area contributed by atoms with Gasteiger partial charge in [0.25, 0.3) is 5.91 Å². The average Bonchev–Trinajstić information content (AvgIpc) is 3.57. The van der Waals surface area contributed by atoms with Crippen molar-refractivity contribution in [1.82, 2.24) is 5.32 Å². The third-order valence-electron chi connectivity index (χ3n) is 6.99. The highest BCUT2D eigenvalue weighted by molar-refractivity contribution is 7.92. The van der Waals surface area contributed by atoms with Crippen LogP contribution in [-0.2, 0) is 21.3 Å². The molecule has 0 atom stereocenters. The first-order valence-corrected chi connectivity index (χ1v) is 14.0. The summed E-state index contributed by atoms with van der Waals surface area (Å²) < 4.78 is 52.8. The van der Waals surface area contributed by atoms with Crippen LogP contribution in [0.15, 0.2) is 59.0 Å². The number of hydrogen-bond donors (Lipinski definition) is 2. The summed E-state index contributed by atoms with van der Waals surface area (Å²) in [6.07, 6.45) is 2.91. The lowest BCUT2D eigenvalue weighted by Gasteiger charge is -2.26. The molecule has 6 rings (SSSR count). The number of amides is 1. The number of fused-ring (bicyclic) bond motifs is 2. The summed E-state index contributed by atoms with van der Waals surface area (Å²) in [7, 11) is -3.33. The lowest BCUT2D eigenvalue weighted by atomic mass is 9.79. The molecule has 3 aromatic carbocycles. The van der Waals surface area contributed by atoms with E-state index in [0.29, 0.717) is 44.5 Å². The highest BCUT2D eigenvalue weighted by Gasteiger charge is 2.35. The third-order valence-corrected chi connectivity index (χ3v) is 8.06. The number of sulfonamides is 1. The Kier molecular flexibility index (Phi) is 5.82. The van der Waals surface area contributed by atoms with Gasteiger partial charge < -0.3 is 19.4 Å². The zero-order valence-electron chi connectivity index (χ0n) is 20.7. The summed E-state index contributed by atoms with van der Waals surface area (Å²) in [6, 6.07) is 14.1. The van der Waals surface area contributed by atoms with Gasteiger partial charge in [0.2, 0.25) is 10.0 Å². The molecule has 0 unspecified atom stereocenters. The van der Waals surface area contributed by atoms with Crippen molar-refractivity contribution in [1.29, 1.82) is 0 Å². The quantitative estimate of drug-likeness (QED) is 0.365. The highest BCUT2D eigenvalue weighted by atomic mass is 32.2. The van der Waals surface area contributed by atoms with Crippen LogP contribution in [0.25, 0.3) is 22.3 Å². The fourth-order valence-electron chi connectivity index (χ4n) is 5.05. The second kappa shape index (κ2) is 8.97. The van der Waals surface area contributed by atoms with Gasteiger partial charge in [-0.05, 0) is 77.8 Å². The molecule has 38 heavy (non-hydrogen) atoms. The minimum Gasteiger partial charge on any atom is -0.455 e. The van der Waals surface area contributed by atoms with E-state index in [1.54, 1.807) is 24.3 Å². The largest absolute Gasteiger partial charge is 0.491 e. The third kappa shape index (κ3) is 4.16. The summed E-state index contributed by atoms with van der Waals surface area (Å²) in [5.41, 5.74) is 4.09. The zero-order chi connectivity index (χ0) is 26.8. The van der Waals surface area contributed by atoms with Crippen LogP contribution in [0.5, 0.6) is 0 Å². The topological polar surface area (TPSA) is 109 Å². The van der Waals surface area contributed by atoms with Crippen molar-refractivity contribution in [3.05, 3.63) is 77.1 Å². The smallest absolute Gasteiger partial charge is 0.455 e. The first-order valence-electron chi connectivity index (χ1n) is 12.2. The average molecular weight is 534 g/mol. The van der Waals surface area contributed by atoms with Crippen LogP contribution in [0.4, 0.5) is 15.8 Å². The number of rotatable bonds is 6. The number of halogens is 1. The minimum atomic E-state index is -3.81. The monoisotopic (exact) mass is 534 g/mol. The van der Waals surface area contributed by atoms with Crippen molar-refractivity contribution in [3.63, 3.8) is 0 Å². The molecule has 1 fully saturated rings. The molecule has 0 spiro atoms. The first-order chi connectivity index (χ1) is 18.2. The highest BCUT2D eigenvalue weighted by Crippen LogP contribution is 2.49. The van der Waals surface area contributed by atoms with Gasteiger partial charge in [-0.3, -0.25) is 4.79 Å². The molecule has 1 aliphatic heterocycles. The van der Waals surface area contributed by atoms with Gasteiger partial charge in [0.15, 0.2) is 0 Å². The summed E-state index contributed by atoms with van der Waals surface area (Å²) in [5.74, 6) is -0.386. The number of benzene rings is 3. The molecule has 194 valence electrons. The van der Waals surface area contributed by atoms with Crippen LogP contribution in [0.2, 0.25) is 0 Å². The molecule has 1 amide bonds. The van der Waals surface area contributed by atoms with E-state index in [2.05, 4.69) is 5.32 Å². The fraction of sp³-hybridized carbons (Fsp3) is 0.222. The Balaban J connectivity index is 1.59. The van der Waals surface area contributed by atoms with Gasteiger partial charge in [-0.2, -0.15) is 0 Å². The number of furan rings is 1. The van der Waals surface area contributed by atoms with Crippen LogP contribution in [0.1, 0.15) is 40.2 Å². The number of carbonyl (C=O) groups is 1. The molecule has 0 saturated heterocycles. The number of nitrogens with zero attached hydrogens (tertiary/aromatic N) is 1. The summed E-state index contributed by atoms with van der Waals surface area (Å²) in [4.78, 5) is 13.0. The van der Waals surface area contributed by atoms with E-state index in [4.69, 9.17) is 9.07 Å². The first kappa shape index (κ1) is 24.7. The number of carbonyl (C=O) groups excluding carboxylic acids is 1. The van der Waals surface area contributed by atoms with E-state index < -0.39 is 23.0 Å². The molecule has 4 aromatic rings. The molecule has 0 bridgehead atoms. The lowest BCUT2D eigenvalue weighted by molar-refractivity contribution is 0.0964. The molecule has 0 radical (unpaired) electrons. The lowest BCUT2D eigenvalue weighted by Crippen LogP contribution is -2.29. The van der Waals surface area contributed by atoms with E-state index in [1.165, 1.54) is 35.6 Å². The van der Waals surface area contributed by atoms with Crippen molar-refractivity contribution < 1.29 is 31.7 Å². The molecular formula is C27H24BFN2O6S. The molecule has 1 saturated carbocycles. The predicted octanol–water partition coefficient (Wildman–Crippen LogP) is 3.79. The van der Waals surface area contributed by atoms with E-state index >= 15 is 0 Å². The Labute approximate surface area is 219 Å². The second-order valence-corrected chi connectivity index (χ2v) is 11.5. The molecule has 2 N–H and O–H groups in total. The molecular weight excluding hydrogens is 510 g/mol. The number of nitrogens with one attached hydrogen (secondary N) is 1. The Morgan fingerprint density at radius 2 is 1.87 bits per heavy atom. The van der Waals surface area contributed by atoms with Crippen LogP contribution >= 0.6 is 0 Å². The van der Waals surface area contributed by atoms with Gasteiger partial charge in [-0.25, -0.2) is 17.1 Å². The Morgan fingerprint density at radius 3 is 2.53 bits per heavy atom. The Bertz CT molecular complexity index is 1700. The van der Waals surface area contributed by atoms with E-state index in [9.17, 15) is 22.6 Å². The van der Waals surface area contributed by atoms with Crippen LogP contribution < -0.4 is 15.1 Å². The molecule has 1 aromatic heterocycles. The van der Waals surface area contributed by atoms with Gasteiger partial charge >= 0.3 is 7.12 Å². The van der Waals surface area contributed by atoms with Crippen molar-refractivity contribution >= 4 is 50.9 Å². The van der Waals surface area contributed by atoms with Crippen LogP contribution in [0.3, 0.4) is 0 Å². The predicted molar refractivity (Wildman–Crippen MR) is 143 cm³/mol. The van der Waals surface area contributed by atoms with E-state index in [0.717, 1.165) is 24.7 Å².